The number of carbonyl (C=O) groups excluding carboxylic acids is 3. The third-order valence-electron chi connectivity index (χ3n) is 3.68. The predicted molar refractivity (Wildman–Crippen MR) is 111 cm³/mol. The van der Waals surface area contributed by atoms with Crippen molar-refractivity contribution in [3.8, 4) is 0 Å². The van der Waals surface area contributed by atoms with Gasteiger partial charge < -0.3 is 30.2 Å². The predicted octanol–water partition coefficient (Wildman–Crippen LogP) is 2.58. The SMILES string of the molecule is CCNC(=O)OCC(COC(=O)NC)OCCCC(=O)NC(C)(C)CC(C)(C)C. The zero-order valence-corrected chi connectivity index (χ0v) is 19.0. The molecule has 29 heavy (non-hydrogen) atoms. The van der Waals surface area contributed by atoms with Gasteiger partial charge in [0.25, 0.3) is 0 Å². The average molecular weight is 418 g/mol. The van der Waals surface area contributed by atoms with Gasteiger partial charge in [-0.1, -0.05) is 20.8 Å². The molecule has 0 aliphatic carbocycles. The molecule has 1 unspecified atom stereocenters. The molecule has 3 amide bonds. The molecule has 0 heterocycles. The molecule has 1 atom stereocenters. The maximum Gasteiger partial charge on any atom is 0.407 e. The van der Waals surface area contributed by atoms with Gasteiger partial charge in [0.1, 0.15) is 19.3 Å². The Kier molecular flexibility index (Phi) is 12.3. The van der Waals surface area contributed by atoms with Gasteiger partial charge in [0, 0.05) is 32.2 Å². The van der Waals surface area contributed by atoms with Crippen LogP contribution in [-0.4, -0.2) is 63.1 Å². The van der Waals surface area contributed by atoms with Crippen LogP contribution in [0.5, 0.6) is 0 Å². The summed E-state index contributed by atoms with van der Waals surface area (Å²) in [4.78, 5) is 34.9. The van der Waals surface area contributed by atoms with Crippen LogP contribution in [0.3, 0.4) is 0 Å². The fourth-order valence-electron chi connectivity index (χ4n) is 3.04. The van der Waals surface area contributed by atoms with Crippen LogP contribution in [0.4, 0.5) is 9.59 Å². The van der Waals surface area contributed by atoms with Crippen molar-refractivity contribution < 1.29 is 28.6 Å². The summed E-state index contributed by atoms with van der Waals surface area (Å²) in [5.41, 5.74) is -0.178. The first-order valence-electron chi connectivity index (χ1n) is 10.1. The first kappa shape index (κ1) is 27.0. The Morgan fingerprint density at radius 1 is 0.966 bits per heavy atom. The lowest BCUT2D eigenvalue weighted by molar-refractivity contribution is -0.123. The summed E-state index contributed by atoms with van der Waals surface area (Å²) in [6.07, 6.45) is -0.116. The van der Waals surface area contributed by atoms with Crippen LogP contribution in [0.25, 0.3) is 0 Å². The van der Waals surface area contributed by atoms with Gasteiger partial charge in [-0.2, -0.15) is 0 Å². The van der Waals surface area contributed by atoms with Crippen LogP contribution >= 0.6 is 0 Å². The molecule has 3 N–H and O–H groups in total. The largest absolute Gasteiger partial charge is 0.447 e. The van der Waals surface area contributed by atoms with Crippen molar-refractivity contribution in [3.63, 3.8) is 0 Å². The molecule has 0 aromatic rings. The van der Waals surface area contributed by atoms with Gasteiger partial charge >= 0.3 is 12.2 Å². The van der Waals surface area contributed by atoms with E-state index in [0.717, 1.165) is 6.42 Å². The molecule has 170 valence electrons. The van der Waals surface area contributed by atoms with Crippen molar-refractivity contribution in [1.29, 1.82) is 0 Å². The summed E-state index contributed by atoms with van der Waals surface area (Å²) in [5.74, 6) is -0.0421. The van der Waals surface area contributed by atoms with Crippen LogP contribution in [0.1, 0.15) is 60.8 Å². The quantitative estimate of drug-likeness (QED) is 0.421. The molecule has 0 saturated carbocycles. The number of hydrogen-bond donors (Lipinski definition) is 3. The molecular formula is C20H39N3O6. The summed E-state index contributed by atoms with van der Waals surface area (Å²) in [5, 5.41) is 7.90. The second-order valence-electron chi connectivity index (χ2n) is 8.74. The maximum atomic E-state index is 12.2. The molecular weight excluding hydrogens is 378 g/mol. The van der Waals surface area contributed by atoms with Gasteiger partial charge in [0.15, 0.2) is 0 Å². The molecule has 0 saturated heterocycles. The summed E-state index contributed by atoms with van der Waals surface area (Å²) in [7, 11) is 1.45. The molecule has 0 aliphatic heterocycles. The Labute approximate surface area is 174 Å². The number of rotatable bonds is 12. The van der Waals surface area contributed by atoms with Gasteiger partial charge in [-0.05, 0) is 39.0 Å². The smallest absolute Gasteiger partial charge is 0.407 e. The normalized spacial score (nSPS) is 12.7. The Morgan fingerprint density at radius 2 is 1.55 bits per heavy atom. The Bertz CT molecular complexity index is 517. The topological polar surface area (TPSA) is 115 Å². The minimum atomic E-state index is -0.615. The molecule has 0 bridgehead atoms. The Morgan fingerprint density at radius 3 is 2.07 bits per heavy atom. The summed E-state index contributed by atoms with van der Waals surface area (Å²) < 4.78 is 15.6. The van der Waals surface area contributed by atoms with Gasteiger partial charge in [-0.3, -0.25) is 4.79 Å². The fourth-order valence-corrected chi connectivity index (χ4v) is 3.04. The standard InChI is InChI=1S/C20H39N3O6/c1-8-22-18(26)29-13-15(12-28-17(25)21-7)27-11-9-10-16(24)23-20(5,6)14-19(2,3)4/h15H,8-14H2,1-7H3,(H,21,25)(H,22,26)(H,23,24). The fraction of sp³-hybridized carbons (Fsp3) is 0.850. The van der Waals surface area contributed by atoms with E-state index in [0.29, 0.717) is 19.4 Å². The van der Waals surface area contributed by atoms with Crippen molar-refractivity contribution in [2.75, 3.05) is 33.4 Å². The van der Waals surface area contributed by atoms with Gasteiger partial charge in [-0.25, -0.2) is 9.59 Å². The molecule has 0 aliphatic rings. The van der Waals surface area contributed by atoms with Crippen LogP contribution < -0.4 is 16.0 Å². The molecule has 0 rings (SSSR count). The summed E-state index contributed by atoms with van der Waals surface area (Å²) in [6, 6.07) is 0. The van der Waals surface area contributed by atoms with Crippen molar-refractivity contribution >= 4 is 18.1 Å². The molecule has 0 radical (unpaired) electrons. The zero-order valence-electron chi connectivity index (χ0n) is 19.0. The molecule has 0 spiro atoms. The summed E-state index contributed by atoms with van der Waals surface area (Å²) in [6.45, 7) is 12.8. The first-order chi connectivity index (χ1) is 13.4. The van der Waals surface area contributed by atoms with E-state index in [9.17, 15) is 14.4 Å². The van der Waals surface area contributed by atoms with Crippen LogP contribution in [0.15, 0.2) is 0 Å². The van der Waals surface area contributed by atoms with Crippen molar-refractivity contribution in [2.24, 2.45) is 5.41 Å². The third-order valence-corrected chi connectivity index (χ3v) is 3.68. The lowest BCUT2D eigenvalue weighted by Gasteiger charge is -2.33. The lowest BCUT2D eigenvalue weighted by atomic mass is 9.82. The minimum absolute atomic E-state index is 0.0421. The minimum Gasteiger partial charge on any atom is -0.447 e. The zero-order chi connectivity index (χ0) is 22.5. The van der Waals surface area contributed by atoms with Crippen molar-refractivity contribution in [1.82, 2.24) is 16.0 Å². The van der Waals surface area contributed by atoms with E-state index in [-0.39, 0.29) is 36.7 Å². The van der Waals surface area contributed by atoms with Crippen molar-refractivity contribution in [3.05, 3.63) is 0 Å². The average Bonchev–Trinajstić information content (AvgIpc) is 2.57. The summed E-state index contributed by atoms with van der Waals surface area (Å²) >= 11 is 0. The Balaban J connectivity index is 4.37. The lowest BCUT2D eigenvalue weighted by Crippen LogP contribution is -2.45. The van der Waals surface area contributed by atoms with Gasteiger partial charge in [0.05, 0.1) is 0 Å². The van der Waals surface area contributed by atoms with E-state index >= 15 is 0 Å². The highest BCUT2D eigenvalue weighted by atomic mass is 16.6. The highest BCUT2D eigenvalue weighted by Gasteiger charge is 2.26. The number of carbonyl (C=O) groups is 3. The number of amides is 3. The molecule has 9 heteroatoms. The van der Waals surface area contributed by atoms with Gasteiger partial charge in [0.2, 0.25) is 5.91 Å². The number of ether oxygens (including phenoxy) is 3. The first-order valence-corrected chi connectivity index (χ1v) is 10.1. The number of alkyl carbamates (subject to hydrolysis) is 2. The van der Waals surface area contributed by atoms with Crippen LogP contribution in [-0.2, 0) is 19.0 Å². The third kappa shape index (κ3) is 15.6. The van der Waals surface area contributed by atoms with E-state index in [4.69, 9.17) is 14.2 Å². The highest BCUT2D eigenvalue weighted by Crippen LogP contribution is 2.26. The van der Waals surface area contributed by atoms with E-state index in [1.54, 1.807) is 6.92 Å². The molecule has 9 nitrogen and oxygen atoms in total. The molecule has 0 aromatic heterocycles. The van der Waals surface area contributed by atoms with Crippen LogP contribution in [0.2, 0.25) is 0 Å². The maximum absolute atomic E-state index is 12.2. The van der Waals surface area contributed by atoms with E-state index in [2.05, 4.69) is 36.7 Å². The van der Waals surface area contributed by atoms with Gasteiger partial charge in [-0.15, -0.1) is 0 Å². The van der Waals surface area contributed by atoms with E-state index in [1.807, 2.05) is 13.8 Å². The highest BCUT2D eigenvalue weighted by molar-refractivity contribution is 5.76. The van der Waals surface area contributed by atoms with Crippen LogP contribution in [0, 0.1) is 5.41 Å². The number of hydrogen-bond acceptors (Lipinski definition) is 6. The second-order valence-corrected chi connectivity index (χ2v) is 8.74. The molecule has 0 fully saturated rings. The van der Waals surface area contributed by atoms with Crippen molar-refractivity contribution in [2.45, 2.75) is 72.4 Å². The Hall–Kier alpha value is -2.03. The monoisotopic (exact) mass is 417 g/mol. The number of nitrogens with one attached hydrogen (secondary N) is 3. The van der Waals surface area contributed by atoms with E-state index < -0.39 is 18.3 Å². The second kappa shape index (κ2) is 13.2. The molecule has 0 aromatic carbocycles. The van der Waals surface area contributed by atoms with E-state index in [1.165, 1.54) is 7.05 Å².